The number of hydrogen-bond acceptors (Lipinski definition) is 4. The second-order valence-electron chi connectivity index (χ2n) is 5.20. The average Bonchev–Trinajstić information content (AvgIpc) is 2.48. The summed E-state index contributed by atoms with van der Waals surface area (Å²) in [6.07, 6.45) is 6.44. The molecule has 1 aromatic heterocycles. The molecule has 1 unspecified atom stereocenters. The van der Waals surface area contributed by atoms with E-state index in [1.54, 1.807) is 12.4 Å². The number of rotatable bonds is 2. The van der Waals surface area contributed by atoms with Gasteiger partial charge in [0, 0.05) is 41.1 Å². The maximum Gasteiger partial charge on any atom is 0.240 e. The molecule has 1 aliphatic heterocycles. The number of hydrogen-bond donors (Lipinski definition) is 2. The van der Waals surface area contributed by atoms with Crippen LogP contribution in [-0.4, -0.2) is 23.5 Å². The first-order chi connectivity index (χ1) is 9.68. The summed E-state index contributed by atoms with van der Waals surface area (Å²) >= 11 is 0. The monoisotopic (exact) mass is 270 g/mol. The molecule has 2 aromatic rings. The molecule has 4 N–H and O–H groups in total. The van der Waals surface area contributed by atoms with Gasteiger partial charge in [0.2, 0.25) is 5.91 Å². The number of nitrogens with zero attached hydrogens (tertiary/aromatic N) is 2. The van der Waals surface area contributed by atoms with E-state index in [4.69, 9.17) is 11.5 Å². The molecule has 0 saturated carbocycles. The molecule has 5 nitrogen and oxygen atoms in total. The smallest absolute Gasteiger partial charge is 0.240 e. The van der Waals surface area contributed by atoms with Crippen LogP contribution >= 0.6 is 0 Å². The average molecular weight is 270 g/mol. The second-order valence-corrected chi connectivity index (χ2v) is 5.20. The Labute approximate surface area is 117 Å². The molecule has 104 valence electrons. The van der Waals surface area contributed by atoms with Gasteiger partial charge in [0.25, 0.3) is 0 Å². The number of piperidine rings is 1. The number of anilines is 2. The fraction of sp³-hybridized carbons (Fsp3) is 0.333. The van der Waals surface area contributed by atoms with Crippen LogP contribution in [0.3, 0.4) is 0 Å². The molecule has 1 aromatic carbocycles. The van der Waals surface area contributed by atoms with Crippen molar-refractivity contribution in [1.29, 1.82) is 0 Å². The Bertz CT molecular complexity index is 655. The fourth-order valence-corrected chi connectivity index (χ4v) is 2.96. The predicted octanol–water partition coefficient (Wildman–Crippen LogP) is 1.66. The van der Waals surface area contributed by atoms with E-state index in [0.29, 0.717) is 0 Å². The maximum atomic E-state index is 11.7. The summed E-state index contributed by atoms with van der Waals surface area (Å²) in [4.78, 5) is 18.0. The lowest BCUT2D eigenvalue weighted by Gasteiger charge is -2.36. The quantitative estimate of drug-likeness (QED) is 0.813. The first kappa shape index (κ1) is 12.7. The number of pyridine rings is 1. The van der Waals surface area contributed by atoms with Gasteiger partial charge in [-0.1, -0.05) is 0 Å². The Morgan fingerprint density at radius 3 is 2.90 bits per heavy atom. The third-order valence-electron chi connectivity index (χ3n) is 3.97. The molecule has 1 amide bonds. The van der Waals surface area contributed by atoms with Crippen molar-refractivity contribution >= 4 is 28.1 Å². The van der Waals surface area contributed by atoms with E-state index in [-0.39, 0.29) is 11.9 Å². The highest BCUT2D eigenvalue weighted by Gasteiger charge is 2.28. The van der Waals surface area contributed by atoms with Gasteiger partial charge in [-0.2, -0.15) is 0 Å². The number of fused-ring (bicyclic) bond motifs is 1. The normalized spacial score (nSPS) is 19.2. The third kappa shape index (κ3) is 2.05. The Morgan fingerprint density at radius 1 is 1.25 bits per heavy atom. The molecule has 2 heterocycles. The number of nitrogen functional groups attached to an aromatic ring is 1. The maximum absolute atomic E-state index is 11.7. The summed E-state index contributed by atoms with van der Waals surface area (Å²) in [5, 5.41) is 1.94. The highest BCUT2D eigenvalue weighted by molar-refractivity contribution is 6.02. The van der Waals surface area contributed by atoms with Crippen molar-refractivity contribution in [2.75, 3.05) is 17.2 Å². The van der Waals surface area contributed by atoms with Crippen LogP contribution < -0.4 is 16.4 Å². The predicted molar refractivity (Wildman–Crippen MR) is 80.3 cm³/mol. The number of benzene rings is 1. The van der Waals surface area contributed by atoms with Gasteiger partial charge in [-0.05, 0) is 37.5 Å². The topological polar surface area (TPSA) is 85.2 Å². The van der Waals surface area contributed by atoms with Crippen LogP contribution in [0.25, 0.3) is 10.8 Å². The second kappa shape index (κ2) is 5.00. The van der Waals surface area contributed by atoms with Gasteiger partial charge in [0.15, 0.2) is 0 Å². The van der Waals surface area contributed by atoms with Crippen LogP contribution in [0, 0.1) is 0 Å². The minimum atomic E-state index is -0.265. The van der Waals surface area contributed by atoms with Crippen molar-refractivity contribution in [3.63, 3.8) is 0 Å². The lowest BCUT2D eigenvalue weighted by molar-refractivity contribution is -0.119. The molecule has 1 aliphatic rings. The van der Waals surface area contributed by atoms with Gasteiger partial charge in [0.05, 0.1) is 0 Å². The summed E-state index contributed by atoms with van der Waals surface area (Å²) < 4.78 is 0. The van der Waals surface area contributed by atoms with Crippen molar-refractivity contribution in [2.24, 2.45) is 5.73 Å². The van der Waals surface area contributed by atoms with E-state index in [1.807, 2.05) is 18.2 Å². The van der Waals surface area contributed by atoms with Crippen molar-refractivity contribution in [1.82, 2.24) is 4.98 Å². The van der Waals surface area contributed by atoms with E-state index in [0.717, 1.165) is 48.0 Å². The minimum Gasteiger partial charge on any atom is -0.398 e. The molecule has 1 saturated heterocycles. The Morgan fingerprint density at radius 2 is 2.10 bits per heavy atom. The van der Waals surface area contributed by atoms with E-state index in [2.05, 4.69) is 9.88 Å². The Kier molecular flexibility index (Phi) is 3.18. The molecule has 0 aliphatic carbocycles. The number of aromatic nitrogens is 1. The largest absolute Gasteiger partial charge is 0.398 e. The zero-order chi connectivity index (χ0) is 14.1. The van der Waals surface area contributed by atoms with Gasteiger partial charge >= 0.3 is 0 Å². The van der Waals surface area contributed by atoms with Crippen LogP contribution in [0.15, 0.2) is 30.6 Å². The molecule has 1 fully saturated rings. The third-order valence-corrected chi connectivity index (χ3v) is 3.97. The van der Waals surface area contributed by atoms with Crippen LogP contribution in [0.1, 0.15) is 19.3 Å². The lowest BCUT2D eigenvalue weighted by Crippen LogP contribution is -2.47. The highest BCUT2D eigenvalue weighted by atomic mass is 16.1. The summed E-state index contributed by atoms with van der Waals surface area (Å²) in [6, 6.07) is 5.50. The van der Waals surface area contributed by atoms with Crippen molar-refractivity contribution in [3.8, 4) is 0 Å². The van der Waals surface area contributed by atoms with Gasteiger partial charge in [0.1, 0.15) is 6.04 Å². The van der Waals surface area contributed by atoms with Crippen LogP contribution in [0.4, 0.5) is 11.4 Å². The lowest BCUT2D eigenvalue weighted by atomic mass is 9.99. The van der Waals surface area contributed by atoms with E-state index in [9.17, 15) is 4.79 Å². The molecule has 0 bridgehead atoms. The molecular weight excluding hydrogens is 252 g/mol. The molecule has 3 rings (SSSR count). The molecular formula is C15H18N4O. The van der Waals surface area contributed by atoms with Crippen LogP contribution in [0.2, 0.25) is 0 Å². The molecule has 0 radical (unpaired) electrons. The van der Waals surface area contributed by atoms with E-state index >= 15 is 0 Å². The zero-order valence-corrected chi connectivity index (χ0v) is 11.2. The van der Waals surface area contributed by atoms with E-state index in [1.165, 1.54) is 0 Å². The molecule has 1 atom stereocenters. The highest BCUT2D eigenvalue weighted by Crippen LogP contribution is 2.33. The summed E-state index contributed by atoms with van der Waals surface area (Å²) in [5.41, 5.74) is 13.3. The zero-order valence-electron chi connectivity index (χ0n) is 11.2. The molecule has 0 spiro atoms. The summed E-state index contributed by atoms with van der Waals surface area (Å²) in [6.45, 7) is 0.835. The number of nitrogens with two attached hydrogens (primary N) is 2. The molecule has 20 heavy (non-hydrogen) atoms. The number of amides is 1. The standard InChI is InChI=1S/C15H18N4O/c16-12-4-5-13(11-9-18-7-6-10(11)12)19-8-2-1-3-14(19)15(17)20/h4-7,9,14H,1-3,8,16H2,(H2,17,20). The van der Waals surface area contributed by atoms with Crippen molar-refractivity contribution in [2.45, 2.75) is 25.3 Å². The van der Waals surface area contributed by atoms with Gasteiger partial charge in [-0.25, -0.2) is 0 Å². The minimum absolute atomic E-state index is 0.240. The summed E-state index contributed by atoms with van der Waals surface area (Å²) in [5.74, 6) is -0.265. The Hall–Kier alpha value is -2.30. The van der Waals surface area contributed by atoms with Crippen molar-refractivity contribution in [3.05, 3.63) is 30.6 Å². The van der Waals surface area contributed by atoms with Crippen molar-refractivity contribution < 1.29 is 4.79 Å². The summed E-state index contributed by atoms with van der Waals surface area (Å²) in [7, 11) is 0. The first-order valence-corrected chi connectivity index (χ1v) is 6.86. The van der Waals surface area contributed by atoms with Gasteiger partial charge in [-0.3, -0.25) is 9.78 Å². The number of carbonyl (C=O) groups excluding carboxylic acids is 1. The van der Waals surface area contributed by atoms with Crippen LogP contribution in [-0.2, 0) is 4.79 Å². The number of carbonyl (C=O) groups is 1. The van der Waals surface area contributed by atoms with E-state index < -0.39 is 0 Å². The van der Waals surface area contributed by atoms with Gasteiger partial charge in [-0.15, -0.1) is 0 Å². The number of primary amides is 1. The van der Waals surface area contributed by atoms with Crippen LogP contribution in [0.5, 0.6) is 0 Å². The molecule has 5 heteroatoms. The first-order valence-electron chi connectivity index (χ1n) is 6.86. The SMILES string of the molecule is NC(=O)C1CCCCN1c1ccc(N)c2ccncc12. The fourth-order valence-electron chi connectivity index (χ4n) is 2.96. The Balaban J connectivity index is 2.13. The van der Waals surface area contributed by atoms with Gasteiger partial charge < -0.3 is 16.4 Å².